The molecule has 1 heterocycles. The van der Waals surface area contributed by atoms with Crippen LogP contribution in [0.1, 0.15) is 51.9 Å². The lowest BCUT2D eigenvalue weighted by Crippen LogP contribution is -2.53. The summed E-state index contributed by atoms with van der Waals surface area (Å²) in [7, 11) is -1.68. The van der Waals surface area contributed by atoms with Gasteiger partial charge in [0, 0.05) is 32.3 Å². The molecule has 2 unspecified atom stereocenters. The molecule has 1 aliphatic heterocycles. The molecule has 0 aromatic carbocycles. The molecule has 2 aliphatic rings. The van der Waals surface area contributed by atoms with Crippen molar-refractivity contribution in [3.8, 4) is 0 Å². The van der Waals surface area contributed by atoms with Gasteiger partial charge in [-0.25, -0.2) is 0 Å². The summed E-state index contributed by atoms with van der Waals surface area (Å²) in [5.41, 5.74) is 0. The van der Waals surface area contributed by atoms with Crippen molar-refractivity contribution in [2.24, 2.45) is 5.92 Å². The quantitative estimate of drug-likeness (QED) is 0.858. The Bertz CT molecular complexity index is 407. The normalized spacial score (nSPS) is 30.8. The van der Waals surface area contributed by atoms with Crippen LogP contribution in [0.25, 0.3) is 0 Å². The molecule has 20 heavy (non-hydrogen) atoms. The monoisotopic (exact) mass is 304 g/mol. The van der Waals surface area contributed by atoms with Crippen LogP contribution in [0.5, 0.6) is 0 Å². The van der Waals surface area contributed by atoms with E-state index in [1.54, 1.807) is 15.7 Å². The Morgan fingerprint density at radius 2 is 1.80 bits per heavy atom. The molecule has 5 nitrogen and oxygen atoms in total. The van der Waals surface area contributed by atoms with Crippen LogP contribution in [0.2, 0.25) is 0 Å². The van der Waals surface area contributed by atoms with E-state index < -0.39 is 10.2 Å². The van der Waals surface area contributed by atoms with E-state index in [1.165, 1.54) is 6.42 Å². The summed E-state index contributed by atoms with van der Waals surface area (Å²) in [5.74, 6) is 0.0840. The van der Waals surface area contributed by atoms with Gasteiger partial charge < -0.3 is 5.11 Å². The second-order valence-electron chi connectivity index (χ2n) is 6.36. The third-order valence-electron chi connectivity index (χ3n) is 4.93. The lowest BCUT2D eigenvalue weighted by molar-refractivity contribution is 0.131. The Morgan fingerprint density at radius 3 is 2.40 bits per heavy atom. The fraction of sp³-hybridized carbons (Fsp3) is 1.00. The molecule has 0 aromatic rings. The van der Waals surface area contributed by atoms with Crippen LogP contribution in [0, 0.1) is 5.92 Å². The van der Waals surface area contributed by atoms with E-state index in [9.17, 15) is 13.5 Å². The number of aliphatic hydroxyl groups excluding tert-OH is 1. The second kappa shape index (κ2) is 6.73. The standard InChI is InChI=1S/C14H28N2O3S/c1-12-8-9-13(11-17)10-16(12)20(18,19)15(2)14-6-4-3-5-7-14/h12-14,17H,3-11H2,1-2H3. The zero-order valence-electron chi connectivity index (χ0n) is 12.7. The summed E-state index contributed by atoms with van der Waals surface area (Å²) < 4.78 is 28.8. The Kier molecular flexibility index (Phi) is 5.45. The maximum atomic E-state index is 12.8. The van der Waals surface area contributed by atoms with Crippen molar-refractivity contribution in [3.63, 3.8) is 0 Å². The number of hydrogen-bond acceptors (Lipinski definition) is 3. The number of aliphatic hydroxyl groups is 1. The molecule has 0 radical (unpaired) electrons. The molecule has 6 heteroatoms. The SMILES string of the molecule is CC1CCC(CO)CN1S(=O)(=O)N(C)C1CCCCC1. The van der Waals surface area contributed by atoms with Crippen LogP contribution in [0.15, 0.2) is 0 Å². The first-order valence-electron chi connectivity index (χ1n) is 7.82. The van der Waals surface area contributed by atoms with E-state index >= 15 is 0 Å². The van der Waals surface area contributed by atoms with Crippen LogP contribution in [0.3, 0.4) is 0 Å². The molecule has 1 N–H and O–H groups in total. The Morgan fingerprint density at radius 1 is 1.15 bits per heavy atom. The van der Waals surface area contributed by atoms with Gasteiger partial charge in [0.2, 0.25) is 0 Å². The summed E-state index contributed by atoms with van der Waals surface area (Å²) in [6.45, 7) is 2.50. The molecule has 0 spiro atoms. The third kappa shape index (κ3) is 3.35. The minimum Gasteiger partial charge on any atom is -0.396 e. The van der Waals surface area contributed by atoms with Crippen molar-refractivity contribution in [1.29, 1.82) is 0 Å². The van der Waals surface area contributed by atoms with E-state index in [-0.39, 0.29) is 24.6 Å². The van der Waals surface area contributed by atoms with Gasteiger partial charge in [0.15, 0.2) is 0 Å². The van der Waals surface area contributed by atoms with Crippen molar-refractivity contribution in [2.45, 2.75) is 64.0 Å². The van der Waals surface area contributed by atoms with Crippen LogP contribution in [-0.2, 0) is 10.2 Å². The number of hydrogen-bond donors (Lipinski definition) is 1. The van der Waals surface area contributed by atoms with Gasteiger partial charge in [0.05, 0.1) is 0 Å². The maximum absolute atomic E-state index is 12.8. The van der Waals surface area contributed by atoms with Crippen LogP contribution < -0.4 is 0 Å². The van der Waals surface area contributed by atoms with Crippen molar-refractivity contribution in [3.05, 3.63) is 0 Å². The largest absolute Gasteiger partial charge is 0.396 e. The van der Waals surface area contributed by atoms with Crippen LogP contribution in [0.4, 0.5) is 0 Å². The highest BCUT2D eigenvalue weighted by atomic mass is 32.2. The highest BCUT2D eigenvalue weighted by Crippen LogP contribution is 2.29. The molecule has 118 valence electrons. The number of piperidine rings is 1. The average molecular weight is 304 g/mol. The third-order valence-corrected chi connectivity index (χ3v) is 7.06. The summed E-state index contributed by atoms with van der Waals surface area (Å²) in [4.78, 5) is 0. The van der Waals surface area contributed by atoms with Crippen molar-refractivity contribution < 1.29 is 13.5 Å². The maximum Gasteiger partial charge on any atom is 0.282 e. The van der Waals surface area contributed by atoms with Gasteiger partial charge in [0.1, 0.15) is 0 Å². The first-order chi connectivity index (χ1) is 9.46. The average Bonchev–Trinajstić information content (AvgIpc) is 2.47. The lowest BCUT2D eigenvalue weighted by Gasteiger charge is -2.40. The predicted octanol–water partition coefficient (Wildman–Crippen LogP) is 1.59. The topological polar surface area (TPSA) is 60.9 Å². The van der Waals surface area contributed by atoms with Gasteiger partial charge in [0.25, 0.3) is 10.2 Å². The fourth-order valence-corrected chi connectivity index (χ4v) is 5.29. The molecular formula is C14H28N2O3S. The molecule has 2 rings (SSSR count). The molecule has 1 saturated carbocycles. The van der Waals surface area contributed by atoms with E-state index in [0.717, 1.165) is 38.5 Å². The Hall–Kier alpha value is -0.170. The summed E-state index contributed by atoms with van der Waals surface area (Å²) in [6, 6.07) is 0.185. The van der Waals surface area contributed by atoms with Crippen molar-refractivity contribution in [1.82, 2.24) is 8.61 Å². The molecular weight excluding hydrogens is 276 g/mol. The van der Waals surface area contributed by atoms with Gasteiger partial charge in [-0.05, 0) is 38.5 Å². The first-order valence-corrected chi connectivity index (χ1v) is 9.22. The fourth-order valence-electron chi connectivity index (χ4n) is 3.42. The molecule has 1 aliphatic carbocycles. The summed E-state index contributed by atoms with van der Waals surface area (Å²) >= 11 is 0. The zero-order chi connectivity index (χ0) is 14.8. The molecule has 1 saturated heterocycles. The zero-order valence-corrected chi connectivity index (χ0v) is 13.5. The van der Waals surface area contributed by atoms with Gasteiger partial charge in [-0.1, -0.05) is 19.3 Å². The smallest absolute Gasteiger partial charge is 0.282 e. The van der Waals surface area contributed by atoms with E-state index in [2.05, 4.69) is 0 Å². The first kappa shape index (κ1) is 16.2. The molecule has 0 amide bonds. The Balaban J connectivity index is 2.10. The summed E-state index contributed by atoms with van der Waals surface area (Å²) in [5, 5.41) is 9.31. The van der Waals surface area contributed by atoms with Crippen molar-refractivity contribution >= 4 is 10.2 Å². The van der Waals surface area contributed by atoms with E-state index in [4.69, 9.17) is 0 Å². The lowest BCUT2D eigenvalue weighted by atomic mass is 9.96. The highest BCUT2D eigenvalue weighted by Gasteiger charge is 2.38. The van der Waals surface area contributed by atoms with Crippen molar-refractivity contribution in [2.75, 3.05) is 20.2 Å². The van der Waals surface area contributed by atoms with E-state index in [1.807, 2.05) is 6.92 Å². The Labute approximate surface area is 123 Å². The van der Waals surface area contributed by atoms with Crippen LogP contribution >= 0.6 is 0 Å². The molecule has 0 bridgehead atoms. The van der Waals surface area contributed by atoms with Gasteiger partial charge in [-0.2, -0.15) is 17.0 Å². The van der Waals surface area contributed by atoms with Gasteiger partial charge >= 0.3 is 0 Å². The molecule has 0 aromatic heterocycles. The molecule has 2 atom stereocenters. The molecule has 2 fully saturated rings. The summed E-state index contributed by atoms with van der Waals surface area (Å²) in [6.07, 6.45) is 7.17. The van der Waals surface area contributed by atoms with E-state index in [0.29, 0.717) is 6.54 Å². The minimum absolute atomic E-state index is 0.0360. The van der Waals surface area contributed by atoms with Gasteiger partial charge in [-0.3, -0.25) is 0 Å². The van der Waals surface area contributed by atoms with Gasteiger partial charge in [-0.15, -0.1) is 0 Å². The number of rotatable bonds is 4. The predicted molar refractivity (Wildman–Crippen MR) is 79.5 cm³/mol. The second-order valence-corrected chi connectivity index (χ2v) is 8.30. The highest BCUT2D eigenvalue weighted by molar-refractivity contribution is 7.86. The number of nitrogens with zero attached hydrogens (tertiary/aromatic N) is 2. The van der Waals surface area contributed by atoms with Crippen LogP contribution in [-0.4, -0.2) is 54.4 Å². The minimum atomic E-state index is -3.40.